The lowest BCUT2D eigenvalue weighted by Gasteiger charge is -2.33. The van der Waals surface area contributed by atoms with Crippen LogP contribution in [0.2, 0.25) is 0 Å². The minimum Gasteiger partial charge on any atom is -0.474 e. The molecule has 0 spiro atoms. The van der Waals surface area contributed by atoms with Crippen LogP contribution < -0.4 is 15.4 Å². The van der Waals surface area contributed by atoms with E-state index in [0.717, 1.165) is 12.8 Å². The van der Waals surface area contributed by atoms with Crippen molar-refractivity contribution in [3.63, 3.8) is 0 Å². The maximum absolute atomic E-state index is 12.2. The first-order chi connectivity index (χ1) is 10.2. The number of ether oxygens (including phenoxy) is 1. The zero-order valence-corrected chi connectivity index (χ0v) is 11.5. The number of piperidine rings is 1. The zero-order chi connectivity index (χ0) is 14.7. The van der Waals surface area contributed by atoms with Crippen LogP contribution in [0, 0.1) is 0 Å². The van der Waals surface area contributed by atoms with Crippen molar-refractivity contribution >= 4 is 11.9 Å². The first kappa shape index (κ1) is 13.6. The van der Waals surface area contributed by atoms with Crippen molar-refractivity contribution in [3.05, 3.63) is 18.6 Å². The normalized spacial score (nSPS) is 22.6. The summed E-state index contributed by atoms with van der Waals surface area (Å²) in [6, 6.07) is 0.990. The van der Waals surface area contributed by atoms with E-state index in [1.54, 1.807) is 17.2 Å². The van der Waals surface area contributed by atoms with Crippen molar-refractivity contribution < 1.29 is 14.3 Å². The van der Waals surface area contributed by atoms with Gasteiger partial charge in [0.1, 0.15) is 18.5 Å². The van der Waals surface area contributed by atoms with E-state index < -0.39 is 6.04 Å². The van der Waals surface area contributed by atoms with E-state index in [1.807, 2.05) is 0 Å². The highest BCUT2D eigenvalue weighted by atomic mass is 16.5. The van der Waals surface area contributed by atoms with Crippen molar-refractivity contribution in [2.45, 2.75) is 25.0 Å². The Morgan fingerprint density at radius 2 is 2.19 bits per heavy atom. The third-order valence-electron chi connectivity index (χ3n) is 3.67. The Bertz CT molecular complexity index is 516. The second kappa shape index (κ2) is 5.94. The van der Waals surface area contributed by atoms with Gasteiger partial charge in [-0.3, -0.25) is 4.79 Å². The Labute approximate surface area is 121 Å². The van der Waals surface area contributed by atoms with Crippen LogP contribution >= 0.6 is 0 Å². The van der Waals surface area contributed by atoms with E-state index >= 15 is 0 Å². The molecule has 1 aromatic rings. The second-order valence-electron chi connectivity index (χ2n) is 5.10. The first-order valence-electron chi connectivity index (χ1n) is 6.98. The molecule has 0 aliphatic carbocycles. The fraction of sp³-hybridized carbons (Fsp3) is 0.538. The van der Waals surface area contributed by atoms with E-state index in [0.29, 0.717) is 25.5 Å². The molecule has 112 valence electrons. The highest BCUT2D eigenvalue weighted by molar-refractivity contribution is 5.90. The summed E-state index contributed by atoms with van der Waals surface area (Å²) in [6.07, 6.45) is 4.65. The third kappa shape index (κ3) is 3.21. The lowest BCUT2D eigenvalue weighted by atomic mass is 10.1. The van der Waals surface area contributed by atoms with Gasteiger partial charge in [0.25, 0.3) is 0 Å². The molecule has 8 nitrogen and oxygen atoms in total. The van der Waals surface area contributed by atoms with Crippen molar-refractivity contribution in [1.29, 1.82) is 0 Å². The van der Waals surface area contributed by atoms with Crippen molar-refractivity contribution in [2.24, 2.45) is 0 Å². The number of carbonyl (C=O) groups is 2. The van der Waals surface area contributed by atoms with Crippen molar-refractivity contribution in [2.75, 3.05) is 19.6 Å². The van der Waals surface area contributed by atoms with Crippen molar-refractivity contribution in [3.8, 4) is 5.88 Å². The van der Waals surface area contributed by atoms with Crippen LogP contribution in [-0.4, -0.2) is 58.6 Å². The Balaban J connectivity index is 1.49. The molecule has 8 heteroatoms. The maximum Gasteiger partial charge on any atom is 0.315 e. The predicted molar refractivity (Wildman–Crippen MR) is 72.6 cm³/mol. The van der Waals surface area contributed by atoms with E-state index in [1.165, 1.54) is 6.33 Å². The van der Waals surface area contributed by atoms with Gasteiger partial charge in [0, 0.05) is 44.7 Å². The van der Waals surface area contributed by atoms with Crippen LogP contribution in [0.1, 0.15) is 12.8 Å². The highest BCUT2D eigenvalue weighted by Crippen LogP contribution is 2.17. The van der Waals surface area contributed by atoms with E-state index in [-0.39, 0.29) is 18.0 Å². The van der Waals surface area contributed by atoms with Crippen LogP contribution in [0.5, 0.6) is 5.88 Å². The van der Waals surface area contributed by atoms with Crippen LogP contribution in [0.15, 0.2) is 18.6 Å². The summed E-state index contributed by atoms with van der Waals surface area (Å²) in [5.74, 6) is 0.524. The molecule has 2 N–H and O–H groups in total. The molecule has 2 fully saturated rings. The Hall–Kier alpha value is -2.38. The molecule has 3 rings (SSSR count). The number of hydrogen-bond donors (Lipinski definition) is 2. The minimum absolute atomic E-state index is 0.0335. The van der Waals surface area contributed by atoms with Crippen LogP contribution in [0.25, 0.3) is 0 Å². The molecular weight excluding hydrogens is 274 g/mol. The second-order valence-corrected chi connectivity index (χ2v) is 5.10. The molecule has 3 heterocycles. The number of urea groups is 1. The van der Waals surface area contributed by atoms with Gasteiger partial charge in [-0.25, -0.2) is 14.8 Å². The van der Waals surface area contributed by atoms with E-state index in [9.17, 15) is 9.59 Å². The average Bonchev–Trinajstić information content (AvgIpc) is 2.95. The number of nitrogens with one attached hydrogen (secondary N) is 2. The fourth-order valence-electron chi connectivity index (χ4n) is 2.54. The summed E-state index contributed by atoms with van der Waals surface area (Å²) >= 11 is 0. The topological polar surface area (TPSA) is 96.5 Å². The van der Waals surface area contributed by atoms with Crippen LogP contribution in [0.3, 0.4) is 0 Å². The first-order valence-corrected chi connectivity index (χ1v) is 6.98. The summed E-state index contributed by atoms with van der Waals surface area (Å²) < 4.78 is 5.75. The van der Waals surface area contributed by atoms with Gasteiger partial charge in [0.15, 0.2) is 0 Å². The summed E-state index contributed by atoms with van der Waals surface area (Å²) in [5.41, 5.74) is 0. The smallest absolute Gasteiger partial charge is 0.315 e. The molecule has 0 radical (unpaired) electrons. The summed E-state index contributed by atoms with van der Waals surface area (Å²) in [4.78, 5) is 32.9. The molecule has 1 unspecified atom stereocenters. The molecule has 21 heavy (non-hydrogen) atoms. The lowest BCUT2D eigenvalue weighted by Crippen LogP contribution is -2.49. The van der Waals surface area contributed by atoms with E-state index in [2.05, 4.69) is 20.6 Å². The van der Waals surface area contributed by atoms with Gasteiger partial charge in [-0.05, 0) is 0 Å². The van der Waals surface area contributed by atoms with Gasteiger partial charge in [0.2, 0.25) is 11.8 Å². The molecule has 0 aromatic carbocycles. The zero-order valence-electron chi connectivity index (χ0n) is 11.5. The standard InChI is InChI=1S/C13H17N5O3/c19-12(10-7-15-13(20)17-10)18-5-2-9(3-6-18)21-11-1-4-14-8-16-11/h1,4,8-10H,2-3,5-7H2,(H2,15,17,20). The number of hydrogen-bond acceptors (Lipinski definition) is 5. The maximum atomic E-state index is 12.2. The Kier molecular flexibility index (Phi) is 3.85. The minimum atomic E-state index is -0.447. The number of carbonyl (C=O) groups excluding carboxylic acids is 2. The molecule has 2 saturated heterocycles. The van der Waals surface area contributed by atoms with Crippen molar-refractivity contribution in [1.82, 2.24) is 25.5 Å². The molecule has 0 saturated carbocycles. The summed E-state index contributed by atoms with van der Waals surface area (Å²) in [6.45, 7) is 1.61. The molecular formula is C13H17N5O3. The highest BCUT2D eigenvalue weighted by Gasteiger charge is 2.32. The third-order valence-corrected chi connectivity index (χ3v) is 3.67. The number of likely N-dealkylation sites (tertiary alicyclic amines) is 1. The SMILES string of the molecule is O=C1NCC(C(=O)N2CCC(Oc3ccncn3)CC2)N1. The molecule has 2 aliphatic rings. The van der Waals surface area contributed by atoms with Gasteiger partial charge in [-0.1, -0.05) is 0 Å². The quantitative estimate of drug-likeness (QED) is 0.784. The number of rotatable bonds is 3. The lowest BCUT2D eigenvalue weighted by molar-refractivity contribution is -0.134. The fourth-order valence-corrected chi connectivity index (χ4v) is 2.54. The van der Waals surface area contributed by atoms with Gasteiger partial charge in [0.05, 0.1) is 0 Å². The van der Waals surface area contributed by atoms with Gasteiger partial charge in [-0.2, -0.15) is 0 Å². The molecule has 2 aliphatic heterocycles. The van der Waals surface area contributed by atoms with Crippen LogP contribution in [0.4, 0.5) is 4.79 Å². The van der Waals surface area contributed by atoms with Gasteiger partial charge in [-0.15, -0.1) is 0 Å². The predicted octanol–water partition coefficient (Wildman–Crippen LogP) is -0.472. The number of amides is 3. The van der Waals surface area contributed by atoms with E-state index in [4.69, 9.17) is 4.74 Å². The van der Waals surface area contributed by atoms with Gasteiger partial charge < -0.3 is 20.3 Å². The summed E-state index contributed by atoms with van der Waals surface area (Å²) in [7, 11) is 0. The van der Waals surface area contributed by atoms with Crippen LogP contribution in [-0.2, 0) is 4.79 Å². The Morgan fingerprint density at radius 1 is 1.38 bits per heavy atom. The largest absolute Gasteiger partial charge is 0.474 e. The monoisotopic (exact) mass is 291 g/mol. The van der Waals surface area contributed by atoms with Gasteiger partial charge >= 0.3 is 6.03 Å². The number of nitrogens with zero attached hydrogens (tertiary/aromatic N) is 3. The number of aromatic nitrogens is 2. The molecule has 1 aromatic heterocycles. The molecule has 1 atom stereocenters. The Morgan fingerprint density at radius 3 is 2.81 bits per heavy atom. The molecule has 0 bridgehead atoms. The average molecular weight is 291 g/mol. The summed E-state index contributed by atoms with van der Waals surface area (Å²) in [5, 5.41) is 5.21. The molecule has 3 amide bonds.